The zero-order valence-corrected chi connectivity index (χ0v) is 15.9. The molecule has 140 valence electrons. The molecule has 5 nitrogen and oxygen atoms in total. The Balaban J connectivity index is 1.72. The van der Waals surface area contributed by atoms with Gasteiger partial charge in [-0.1, -0.05) is 30.0 Å². The van der Waals surface area contributed by atoms with Crippen LogP contribution in [-0.4, -0.2) is 26.9 Å². The van der Waals surface area contributed by atoms with Crippen LogP contribution in [0.3, 0.4) is 0 Å². The van der Waals surface area contributed by atoms with Gasteiger partial charge >= 0.3 is 0 Å². The molecule has 0 fully saturated rings. The third-order valence-electron chi connectivity index (χ3n) is 4.11. The molecule has 0 unspecified atom stereocenters. The van der Waals surface area contributed by atoms with Crippen molar-refractivity contribution in [1.82, 2.24) is 19.7 Å². The molecule has 4 aromatic rings. The molecule has 28 heavy (non-hydrogen) atoms. The van der Waals surface area contributed by atoms with Crippen LogP contribution in [0.1, 0.15) is 5.56 Å². The molecule has 2 heterocycles. The second-order valence-electron chi connectivity index (χ2n) is 5.97. The summed E-state index contributed by atoms with van der Waals surface area (Å²) in [6.07, 6.45) is 1.72. The van der Waals surface area contributed by atoms with Crippen molar-refractivity contribution in [2.45, 2.75) is 10.9 Å². The van der Waals surface area contributed by atoms with Gasteiger partial charge in [0.15, 0.2) is 11.0 Å². The van der Waals surface area contributed by atoms with Gasteiger partial charge in [0.05, 0.1) is 12.8 Å². The van der Waals surface area contributed by atoms with E-state index in [1.165, 1.54) is 23.9 Å². The molecule has 0 atom stereocenters. The molecule has 0 saturated heterocycles. The lowest BCUT2D eigenvalue weighted by Gasteiger charge is -2.11. The van der Waals surface area contributed by atoms with Gasteiger partial charge in [0.2, 0.25) is 0 Å². The predicted molar refractivity (Wildman–Crippen MR) is 107 cm³/mol. The third-order valence-corrected chi connectivity index (χ3v) is 5.12. The molecule has 7 heteroatoms. The summed E-state index contributed by atoms with van der Waals surface area (Å²) in [5.41, 5.74) is 2.50. The minimum absolute atomic E-state index is 0.246. The number of ether oxygens (including phenoxy) is 1. The van der Waals surface area contributed by atoms with Crippen LogP contribution >= 0.6 is 11.8 Å². The maximum absolute atomic E-state index is 13.5. The molecule has 2 aromatic heterocycles. The minimum atomic E-state index is -0.246. The number of aromatic nitrogens is 4. The topological polar surface area (TPSA) is 52.8 Å². The van der Waals surface area contributed by atoms with Gasteiger partial charge in [-0.15, -0.1) is 10.2 Å². The van der Waals surface area contributed by atoms with E-state index in [0.29, 0.717) is 16.7 Å². The number of thioether (sulfide) groups is 1. The Bertz CT molecular complexity index is 1070. The van der Waals surface area contributed by atoms with Gasteiger partial charge in [-0.3, -0.25) is 9.55 Å². The number of rotatable bonds is 6. The summed E-state index contributed by atoms with van der Waals surface area (Å²) in [7, 11) is 1.63. The Hall–Kier alpha value is -3.19. The lowest BCUT2D eigenvalue weighted by molar-refractivity contribution is 0.414. The van der Waals surface area contributed by atoms with Crippen molar-refractivity contribution in [1.29, 1.82) is 0 Å². The summed E-state index contributed by atoms with van der Waals surface area (Å²) in [6.45, 7) is 0. The Kier molecular flexibility index (Phi) is 5.34. The number of nitrogens with zero attached hydrogens (tertiary/aromatic N) is 4. The highest BCUT2D eigenvalue weighted by atomic mass is 32.2. The Labute approximate surface area is 166 Å². The smallest absolute Gasteiger partial charge is 0.196 e. The molecule has 4 rings (SSSR count). The van der Waals surface area contributed by atoms with E-state index in [0.717, 1.165) is 22.7 Å². The van der Waals surface area contributed by atoms with E-state index in [1.54, 1.807) is 19.4 Å². The van der Waals surface area contributed by atoms with Crippen LogP contribution in [0.15, 0.2) is 78.1 Å². The van der Waals surface area contributed by atoms with E-state index in [2.05, 4.69) is 15.2 Å². The van der Waals surface area contributed by atoms with Gasteiger partial charge in [0, 0.05) is 11.9 Å². The summed E-state index contributed by atoms with van der Waals surface area (Å²) in [6, 6.07) is 19.9. The first-order chi connectivity index (χ1) is 13.7. The summed E-state index contributed by atoms with van der Waals surface area (Å²) < 4.78 is 20.7. The standard InChI is InChI=1S/C21H17FN4OS/c1-27-18-10-8-17(9-11-18)26-20(19-7-2-3-12-23-19)24-25-21(26)28-14-15-5-4-6-16(22)13-15/h2-13H,14H2,1H3. The van der Waals surface area contributed by atoms with Crippen molar-refractivity contribution in [2.75, 3.05) is 7.11 Å². The summed E-state index contributed by atoms with van der Waals surface area (Å²) in [5.74, 6) is 1.75. The first-order valence-electron chi connectivity index (χ1n) is 8.63. The van der Waals surface area contributed by atoms with Crippen molar-refractivity contribution in [3.63, 3.8) is 0 Å². The van der Waals surface area contributed by atoms with Crippen molar-refractivity contribution in [2.24, 2.45) is 0 Å². The normalized spacial score (nSPS) is 10.8. The van der Waals surface area contributed by atoms with Crippen LogP contribution in [0.25, 0.3) is 17.2 Å². The minimum Gasteiger partial charge on any atom is -0.497 e. The lowest BCUT2D eigenvalue weighted by atomic mass is 10.2. The molecular weight excluding hydrogens is 375 g/mol. The van der Waals surface area contributed by atoms with Crippen molar-refractivity contribution in [3.8, 4) is 23.0 Å². The first-order valence-corrected chi connectivity index (χ1v) is 9.61. The van der Waals surface area contributed by atoms with Crippen LogP contribution in [0.4, 0.5) is 4.39 Å². The number of hydrogen-bond acceptors (Lipinski definition) is 5. The second-order valence-corrected chi connectivity index (χ2v) is 6.92. The van der Waals surface area contributed by atoms with E-state index in [4.69, 9.17) is 4.74 Å². The average molecular weight is 392 g/mol. The fourth-order valence-electron chi connectivity index (χ4n) is 2.76. The number of benzene rings is 2. The highest BCUT2D eigenvalue weighted by Crippen LogP contribution is 2.29. The van der Waals surface area contributed by atoms with Gasteiger partial charge in [-0.2, -0.15) is 0 Å². The van der Waals surface area contributed by atoms with Gasteiger partial charge in [0.25, 0.3) is 0 Å². The molecular formula is C21H17FN4OS. The average Bonchev–Trinajstić information content (AvgIpc) is 3.17. The molecule has 0 aliphatic carbocycles. The fraction of sp³-hybridized carbons (Fsp3) is 0.0952. The van der Waals surface area contributed by atoms with Crippen LogP contribution in [0.5, 0.6) is 5.75 Å². The summed E-state index contributed by atoms with van der Waals surface area (Å²) in [4.78, 5) is 4.41. The van der Waals surface area contributed by atoms with Gasteiger partial charge in [-0.25, -0.2) is 4.39 Å². The van der Waals surface area contributed by atoms with Crippen molar-refractivity contribution in [3.05, 3.63) is 84.3 Å². The number of methoxy groups -OCH3 is 1. The molecule has 0 spiro atoms. The van der Waals surface area contributed by atoms with Crippen LogP contribution in [0.2, 0.25) is 0 Å². The molecule has 0 amide bonds. The van der Waals surface area contributed by atoms with Gasteiger partial charge < -0.3 is 4.74 Å². The molecule has 0 radical (unpaired) electrons. The lowest BCUT2D eigenvalue weighted by Crippen LogP contribution is -2.01. The Morgan fingerprint density at radius 3 is 2.57 bits per heavy atom. The number of halogens is 1. The highest BCUT2D eigenvalue weighted by Gasteiger charge is 2.17. The van der Waals surface area contributed by atoms with E-state index in [-0.39, 0.29) is 5.82 Å². The van der Waals surface area contributed by atoms with E-state index < -0.39 is 0 Å². The van der Waals surface area contributed by atoms with E-state index >= 15 is 0 Å². The zero-order chi connectivity index (χ0) is 19.3. The molecule has 2 aromatic carbocycles. The SMILES string of the molecule is COc1ccc(-n2c(SCc3cccc(F)c3)nnc2-c2ccccn2)cc1. The van der Waals surface area contributed by atoms with Crippen LogP contribution < -0.4 is 4.74 Å². The Morgan fingerprint density at radius 2 is 1.86 bits per heavy atom. The zero-order valence-electron chi connectivity index (χ0n) is 15.1. The van der Waals surface area contributed by atoms with Gasteiger partial charge in [-0.05, 0) is 54.1 Å². The second kappa shape index (κ2) is 8.22. The summed E-state index contributed by atoms with van der Waals surface area (Å²) >= 11 is 1.49. The monoisotopic (exact) mass is 392 g/mol. The fourth-order valence-corrected chi connectivity index (χ4v) is 3.66. The quantitative estimate of drug-likeness (QED) is 0.443. The Morgan fingerprint density at radius 1 is 1.00 bits per heavy atom. The maximum Gasteiger partial charge on any atom is 0.196 e. The molecule has 0 saturated carbocycles. The number of hydrogen-bond donors (Lipinski definition) is 0. The van der Waals surface area contributed by atoms with Crippen LogP contribution in [0, 0.1) is 5.82 Å². The number of pyridine rings is 1. The van der Waals surface area contributed by atoms with Crippen LogP contribution in [-0.2, 0) is 5.75 Å². The van der Waals surface area contributed by atoms with Crippen molar-refractivity contribution >= 4 is 11.8 Å². The largest absolute Gasteiger partial charge is 0.497 e. The third kappa shape index (κ3) is 3.89. The summed E-state index contributed by atoms with van der Waals surface area (Å²) in [5, 5.41) is 9.42. The highest BCUT2D eigenvalue weighted by molar-refractivity contribution is 7.98. The predicted octanol–water partition coefficient (Wildman–Crippen LogP) is 4.77. The van der Waals surface area contributed by atoms with Gasteiger partial charge in [0.1, 0.15) is 17.3 Å². The van der Waals surface area contributed by atoms with E-state index in [1.807, 2.05) is 53.1 Å². The maximum atomic E-state index is 13.5. The molecule has 0 N–H and O–H groups in total. The molecule has 0 aliphatic rings. The molecule has 0 aliphatic heterocycles. The first kappa shape index (κ1) is 18.2. The van der Waals surface area contributed by atoms with Crippen molar-refractivity contribution < 1.29 is 9.13 Å². The van der Waals surface area contributed by atoms with E-state index in [9.17, 15) is 4.39 Å². The molecule has 0 bridgehead atoms.